The van der Waals surface area contributed by atoms with Crippen LogP contribution in [-0.4, -0.2) is 53.3 Å². The third-order valence-corrected chi connectivity index (χ3v) is 8.97. The Hall–Kier alpha value is -4.43. The minimum absolute atomic E-state index is 0.167. The summed E-state index contributed by atoms with van der Waals surface area (Å²) < 4.78 is 16.1. The first-order valence-electron chi connectivity index (χ1n) is 16.8. The minimum atomic E-state index is -0.167. The molecule has 6 nitrogen and oxygen atoms in total. The lowest BCUT2D eigenvalue weighted by molar-refractivity contribution is -0.0779. The number of aliphatic hydroxyl groups excluding tert-OH is 1. The normalized spacial score (nSPS) is 15.1. The van der Waals surface area contributed by atoms with E-state index in [0.717, 1.165) is 37.7 Å². The summed E-state index contributed by atoms with van der Waals surface area (Å²) in [5.74, 6) is 2.17. The van der Waals surface area contributed by atoms with Crippen molar-refractivity contribution in [3.63, 3.8) is 0 Å². The number of alkyl halides is 1. The lowest BCUT2D eigenvalue weighted by atomic mass is 9.94. The van der Waals surface area contributed by atoms with Crippen LogP contribution in [0.2, 0.25) is 0 Å². The van der Waals surface area contributed by atoms with Crippen molar-refractivity contribution in [1.29, 1.82) is 0 Å². The van der Waals surface area contributed by atoms with Gasteiger partial charge >= 0.3 is 0 Å². The molecular weight excluding hydrogens is 632 g/mol. The fourth-order valence-electron chi connectivity index (χ4n) is 6.24. The SMILES string of the molecule is ClCc1ccco1.OC1CN(C(c2ccccc2)c2ccccc2)C1.c1ccc(C(c2ccccc2)N2CC(OCc3ccco3)C2)cc1. The molecule has 8 rings (SSSR count). The Morgan fingerprint density at radius 3 is 1.27 bits per heavy atom. The van der Waals surface area contributed by atoms with Crippen LogP contribution in [0.25, 0.3) is 0 Å². The number of hydrogen-bond donors (Lipinski definition) is 1. The van der Waals surface area contributed by atoms with E-state index in [2.05, 4.69) is 119 Å². The maximum atomic E-state index is 9.52. The van der Waals surface area contributed by atoms with E-state index in [4.69, 9.17) is 25.2 Å². The monoisotopic (exact) mass is 674 g/mol. The molecule has 7 heteroatoms. The molecule has 0 bridgehead atoms. The molecule has 2 saturated heterocycles. The predicted molar refractivity (Wildman–Crippen MR) is 194 cm³/mol. The third kappa shape index (κ3) is 9.60. The zero-order chi connectivity index (χ0) is 33.7. The van der Waals surface area contributed by atoms with E-state index >= 15 is 0 Å². The van der Waals surface area contributed by atoms with Crippen molar-refractivity contribution >= 4 is 11.6 Å². The lowest BCUT2D eigenvalue weighted by Crippen LogP contribution is -2.53. The second kappa shape index (κ2) is 17.8. The van der Waals surface area contributed by atoms with Crippen molar-refractivity contribution in [2.75, 3.05) is 26.2 Å². The Bertz CT molecular complexity index is 1650. The molecule has 2 fully saturated rings. The molecule has 0 amide bonds. The van der Waals surface area contributed by atoms with E-state index in [1.807, 2.05) is 36.4 Å². The number of benzene rings is 4. The summed E-state index contributed by atoms with van der Waals surface area (Å²) in [5.41, 5.74) is 5.23. The van der Waals surface area contributed by atoms with E-state index < -0.39 is 0 Å². The predicted octanol–water partition coefficient (Wildman–Crippen LogP) is 8.74. The van der Waals surface area contributed by atoms with E-state index in [-0.39, 0.29) is 24.3 Å². The average molecular weight is 675 g/mol. The van der Waals surface area contributed by atoms with Gasteiger partial charge in [-0.25, -0.2) is 0 Å². The number of aliphatic hydroxyl groups is 1. The molecule has 0 spiro atoms. The zero-order valence-corrected chi connectivity index (χ0v) is 28.3. The number of hydrogen-bond acceptors (Lipinski definition) is 6. The van der Waals surface area contributed by atoms with Crippen LogP contribution in [0.15, 0.2) is 167 Å². The van der Waals surface area contributed by atoms with Gasteiger partial charge in [-0.05, 0) is 46.5 Å². The van der Waals surface area contributed by atoms with Gasteiger partial charge < -0.3 is 18.7 Å². The van der Waals surface area contributed by atoms with Gasteiger partial charge in [0.05, 0.1) is 42.7 Å². The number of halogens is 1. The van der Waals surface area contributed by atoms with Crippen LogP contribution in [0.4, 0.5) is 0 Å². The molecule has 0 radical (unpaired) electrons. The molecule has 0 aliphatic carbocycles. The summed E-state index contributed by atoms with van der Waals surface area (Å²) in [5, 5.41) is 9.52. The molecule has 4 aromatic carbocycles. The van der Waals surface area contributed by atoms with Gasteiger partial charge in [-0.1, -0.05) is 121 Å². The fraction of sp³-hybridized carbons (Fsp3) is 0.238. The van der Waals surface area contributed by atoms with Gasteiger partial charge in [0.2, 0.25) is 0 Å². The smallest absolute Gasteiger partial charge is 0.129 e. The Kier molecular flexibility index (Phi) is 12.5. The first-order chi connectivity index (χ1) is 24.2. The summed E-state index contributed by atoms with van der Waals surface area (Å²) in [7, 11) is 0. The standard InChI is InChI=1S/C21H21NO2.C16H17NO.C5H5ClO/c1-3-8-17(9-4-1)21(18-10-5-2-6-11-18)22-14-20(15-22)24-16-19-12-7-13-23-19;18-15-11-17(12-15)16(13-7-3-1-4-8-13)14-9-5-2-6-10-14;6-4-5-2-1-3-7-5/h1-13,20-21H,14-16H2;1-10,15-16,18H,11-12H2;1-3H,4H2. The lowest BCUT2D eigenvalue weighted by Gasteiger charge is -2.44. The molecule has 0 atom stereocenters. The molecule has 49 heavy (non-hydrogen) atoms. The van der Waals surface area contributed by atoms with Gasteiger partial charge in [0.15, 0.2) is 0 Å². The average Bonchev–Trinajstić information content (AvgIpc) is 3.86. The summed E-state index contributed by atoms with van der Waals surface area (Å²) in [4.78, 5) is 4.78. The van der Waals surface area contributed by atoms with Crippen LogP contribution >= 0.6 is 11.6 Å². The second-order valence-corrected chi connectivity index (χ2v) is 12.5. The summed E-state index contributed by atoms with van der Waals surface area (Å²) >= 11 is 5.37. The molecule has 252 valence electrons. The quantitative estimate of drug-likeness (QED) is 0.147. The third-order valence-electron chi connectivity index (χ3n) is 8.71. The van der Waals surface area contributed by atoms with Crippen molar-refractivity contribution < 1.29 is 18.7 Å². The Morgan fingerprint density at radius 1 is 0.551 bits per heavy atom. The Labute approximate surface area is 294 Å². The zero-order valence-electron chi connectivity index (χ0n) is 27.5. The van der Waals surface area contributed by atoms with Crippen molar-refractivity contribution in [2.45, 2.75) is 36.8 Å². The van der Waals surface area contributed by atoms with E-state index in [0.29, 0.717) is 12.5 Å². The van der Waals surface area contributed by atoms with Crippen LogP contribution in [0.5, 0.6) is 0 Å². The second-order valence-electron chi connectivity index (χ2n) is 12.2. The van der Waals surface area contributed by atoms with E-state index in [1.54, 1.807) is 12.5 Å². The Morgan fingerprint density at radius 2 is 0.939 bits per heavy atom. The molecule has 4 heterocycles. The molecule has 1 N–H and O–H groups in total. The molecule has 2 aliphatic heterocycles. The highest BCUT2D eigenvalue weighted by atomic mass is 35.5. The molecular formula is C42H43ClN2O4. The summed E-state index contributed by atoms with van der Waals surface area (Å²) in [6, 6.07) is 50.4. The van der Waals surface area contributed by atoms with E-state index in [1.165, 1.54) is 22.3 Å². The van der Waals surface area contributed by atoms with Crippen molar-refractivity contribution in [2.24, 2.45) is 0 Å². The molecule has 6 aromatic rings. The topological polar surface area (TPSA) is 62.2 Å². The maximum Gasteiger partial charge on any atom is 0.129 e. The summed E-state index contributed by atoms with van der Waals surface area (Å²) in [6.07, 6.45) is 3.40. The van der Waals surface area contributed by atoms with Crippen LogP contribution in [0, 0.1) is 0 Å². The molecule has 0 unspecified atom stereocenters. The Balaban J connectivity index is 0.000000146. The van der Waals surface area contributed by atoms with Gasteiger partial charge in [0.25, 0.3) is 0 Å². The first kappa shape index (κ1) is 34.4. The number of likely N-dealkylation sites (tertiary alicyclic amines) is 2. The minimum Gasteiger partial charge on any atom is -0.468 e. The van der Waals surface area contributed by atoms with Gasteiger partial charge in [0.1, 0.15) is 18.1 Å². The highest BCUT2D eigenvalue weighted by Gasteiger charge is 2.35. The van der Waals surface area contributed by atoms with Crippen LogP contribution in [-0.2, 0) is 17.2 Å². The number of β-amino-alcohol motifs (C(OH)–C–C–N with tert-alkyl or cyclic N) is 1. The van der Waals surface area contributed by atoms with Crippen LogP contribution in [0.3, 0.4) is 0 Å². The molecule has 0 saturated carbocycles. The van der Waals surface area contributed by atoms with Crippen LogP contribution < -0.4 is 0 Å². The van der Waals surface area contributed by atoms with E-state index in [9.17, 15) is 5.11 Å². The van der Waals surface area contributed by atoms with Gasteiger partial charge in [0, 0.05) is 26.2 Å². The van der Waals surface area contributed by atoms with Gasteiger partial charge in [-0.15, -0.1) is 11.6 Å². The van der Waals surface area contributed by atoms with Crippen molar-refractivity contribution in [1.82, 2.24) is 9.80 Å². The number of nitrogens with zero attached hydrogens (tertiary/aromatic N) is 2. The highest BCUT2D eigenvalue weighted by Crippen LogP contribution is 2.34. The fourth-order valence-corrected chi connectivity index (χ4v) is 6.39. The number of furan rings is 2. The highest BCUT2D eigenvalue weighted by molar-refractivity contribution is 6.16. The van der Waals surface area contributed by atoms with Crippen molar-refractivity contribution in [3.8, 4) is 0 Å². The van der Waals surface area contributed by atoms with Gasteiger partial charge in [-0.3, -0.25) is 9.80 Å². The number of ether oxygens (including phenoxy) is 1. The molecule has 2 aliphatic rings. The first-order valence-corrected chi connectivity index (χ1v) is 17.3. The summed E-state index contributed by atoms with van der Waals surface area (Å²) in [6.45, 7) is 3.94. The van der Waals surface area contributed by atoms with Crippen molar-refractivity contribution in [3.05, 3.63) is 192 Å². The van der Waals surface area contributed by atoms with Gasteiger partial charge in [-0.2, -0.15) is 0 Å². The molecule has 2 aromatic heterocycles. The number of rotatable bonds is 10. The maximum absolute atomic E-state index is 9.52. The van der Waals surface area contributed by atoms with Crippen LogP contribution in [0.1, 0.15) is 45.9 Å². The largest absolute Gasteiger partial charge is 0.468 e.